The first-order valence-corrected chi connectivity index (χ1v) is 8.68. The summed E-state index contributed by atoms with van der Waals surface area (Å²) in [5, 5.41) is 9.00. The SMILES string of the molecule is O=C(NCCOCCn1cccn1)c1ccc(-c2cccs2)cc1. The molecule has 0 spiro atoms. The Bertz CT molecular complexity index is 737. The van der Waals surface area contributed by atoms with Crippen molar-refractivity contribution < 1.29 is 9.53 Å². The highest BCUT2D eigenvalue weighted by atomic mass is 32.1. The highest BCUT2D eigenvalue weighted by molar-refractivity contribution is 7.13. The van der Waals surface area contributed by atoms with Crippen LogP contribution in [-0.2, 0) is 11.3 Å². The van der Waals surface area contributed by atoms with Gasteiger partial charge >= 0.3 is 0 Å². The number of nitrogens with zero attached hydrogens (tertiary/aromatic N) is 2. The molecule has 1 amide bonds. The molecule has 5 nitrogen and oxygen atoms in total. The maximum absolute atomic E-state index is 12.1. The molecule has 1 aromatic carbocycles. The summed E-state index contributed by atoms with van der Waals surface area (Å²) < 4.78 is 7.30. The Hall–Kier alpha value is -2.44. The molecule has 0 saturated carbocycles. The molecule has 24 heavy (non-hydrogen) atoms. The van der Waals surface area contributed by atoms with E-state index >= 15 is 0 Å². The minimum absolute atomic E-state index is 0.0802. The van der Waals surface area contributed by atoms with Crippen LogP contribution in [0.2, 0.25) is 0 Å². The van der Waals surface area contributed by atoms with Gasteiger partial charge in [-0.15, -0.1) is 11.3 Å². The third-order valence-corrected chi connectivity index (χ3v) is 4.43. The average Bonchev–Trinajstić information content (AvgIpc) is 3.31. The Kier molecular flexibility index (Phi) is 5.76. The van der Waals surface area contributed by atoms with E-state index in [1.165, 1.54) is 4.88 Å². The van der Waals surface area contributed by atoms with Crippen molar-refractivity contribution in [1.29, 1.82) is 0 Å². The predicted octanol–water partition coefficient (Wildman–Crippen LogP) is 3.06. The third kappa shape index (κ3) is 4.53. The van der Waals surface area contributed by atoms with E-state index in [-0.39, 0.29) is 5.91 Å². The monoisotopic (exact) mass is 341 g/mol. The largest absolute Gasteiger partial charge is 0.378 e. The molecular formula is C18H19N3O2S. The number of aromatic nitrogens is 2. The number of carbonyl (C=O) groups excluding carboxylic acids is 1. The smallest absolute Gasteiger partial charge is 0.251 e. The summed E-state index contributed by atoms with van der Waals surface area (Å²) in [4.78, 5) is 13.3. The van der Waals surface area contributed by atoms with Crippen LogP contribution < -0.4 is 5.32 Å². The van der Waals surface area contributed by atoms with E-state index in [0.717, 1.165) is 5.56 Å². The van der Waals surface area contributed by atoms with Crippen molar-refractivity contribution in [3.05, 3.63) is 65.8 Å². The second kappa shape index (κ2) is 8.42. The molecule has 0 aliphatic heterocycles. The van der Waals surface area contributed by atoms with Crippen LogP contribution in [0.3, 0.4) is 0 Å². The lowest BCUT2D eigenvalue weighted by molar-refractivity contribution is 0.0906. The summed E-state index contributed by atoms with van der Waals surface area (Å²) in [6.07, 6.45) is 3.63. The summed E-state index contributed by atoms with van der Waals surface area (Å²) in [6.45, 7) is 2.27. The molecule has 0 bridgehead atoms. The van der Waals surface area contributed by atoms with Gasteiger partial charge in [-0.2, -0.15) is 5.10 Å². The maximum Gasteiger partial charge on any atom is 0.251 e. The van der Waals surface area contributed by atoms with Gasteiger partial charge in [-0.1, -0.05) is 18.2 Å². The van der Waals surface area contributed by atoms with Crippen LogP contribution in [0.5, 0.6) is 0 Å². The molecular weight excluding hydrogens is 322 g/mol. The van der Waals surface area contributed by atoms with Crippen molar-refractivity contribution in [1.82, 2.24) is 15.1 Å². The molecule has 3 rings (SSSR count). The Morgan fingerprint density at radius 2 is 2.04 bits per heavy atom. The van der Waals surface area contributed by atoms with Gasteiger partial charge in [-0.25, -0.2) is 0 Å². The Morgan fingerprint density at radius 1 is 1.17 bits per heavy atom. The highest BCUT2D eigenvalue weighted by Crippen LogP contribution is 2.24. The highest BCUT2D eigenvalue weighted by Gasteiger charge is 2.05. The van der Waals surface area contributed by atoms with Crippen molar-refractivity contribution in [2.24, 2.45) is 0 Å². The Morgan fingerprint density at radius 3 is 2.75 bits per heavy atom. The second-order valence-electron chi connectivity index (χ2n) is 5.19. The van der Waals surface area contributed by atoms with Crippen LogP contribution in [0.1, 0.15) is 10.4 Å². The van der Waals surface area contributed by atoms with E-state index in [1.54, 1.807) is 17.5 Å². The molecule has 6 heteroatoms. The van der Waals surface area contributed by atoms with Gasteiger partial charge in [0.1, 0.15) is 0 Å². The molecule has 0 unspecified atom stereocenters. The Balaban J connectivity index is 1.37. The fourth-order valence-corrected chi connectivity index (χ4v) is 2.99. The number of nitrogens with one attached hydrogen (secondary N) is 1. The van der Waals surface area contributed by atoms with Gasteiger partial charge in [-0.05, 0) is 35.2 Å². The minimum atomic E-state index is -0.0802. The molecule has 0 saturated heterocycles. The zero-order chi connectivity index (χ0) is 16.6. The van der Waals surface area contributed by atoms with Crippen LogP contribution in [0.25, 0.3) is 10.4 Å². The van der Waals surface area contributed by atoms with Gasteiger partial charge in [-0.3, -0.25) is 9.48 Å². The van der Waals surface area contributed by atoms with Crippen molar-refractivity contribution >= 4 is 17.2 Å². The Labute approximate surface area is 144 Å². The van der Waals surface area contributed by atoms with Crippen LogP contribution in [-0.4, -0.2) is 35.4 Å². The van der Waals surface area contributed by atoms with E-state index in [9.17, 15) is 4.79 Å². The van der Waals surface area contributed by atoms with Gasteiger partial charge in [0.05, 0.1) is 19.8 Å². The van der Waals surface area contributed by atoms with Crippen molar-refractivity contribution in [3.63, 3.8) is 0 Å². The number of amides is 1. The number of hydrogen-bond acceptors (Lipinski definition) is 4. The van der Waals surface area contributed by atoms with Crippen molar-refractivity contribution in [2.75, 3.05) is 19.8 Å². The maximum atomic E-state index is 12.1. The van der Waals surface area contributed by atoms with Gasteiger partial charge in [0.2, 0.25) is 0 Å². The summed E-state index contributed by atoms with van der Waals surface area (Å²) in [5.41, 5.74) is 1.79. The molecule has 0 radical (unpaired) electrons. The molecule has 124 valence electrons. The number of carbonyl (C=O) groups is 1. The molecule has 0 atom stereocenters. The first-order valence-electron chi connectivity index (χ1n) is 7.80. The standard InChI is InChI=1S/C18H19N3O2S/c22-18(19-9-12-23-13-11-21-10-2-8-20-21)16-6-4-15(5-7-16)17-3-1-14-24-17/h1-8,10,14H,9,11-13H2,(H,19,22). The number of hydrogen-bond donors (Lipinski definition) is 1. The van der Waals surface area contributed by atoms with E-state index < -0.39 is 0 Å². The number of rotatable bonds is 8. The fourth-order valence-electron chi connectivity index (χ4n) is 2.26. The van der Waals surface area contributed by atoms with E-state index in [0.29, 0.717) is 31.9 Å². The molecule has 2 aromatic heterocycles. The van der Waals surface area contributed by atoms with Gasteiger partial charge in [0.15, 0.2) is 0 Å². The van der Waals surface area contributed by atoms with E-state index in [4.69, 9.17) is 4.74 Å². The van der Waals surface area contributed by atoms with Gasteiger partial charge < -0.3 is 10.1 Å². The van der Waals surface area contributed by atoms with E-state index in [2.05, 4.69) is 16.5 Å². The van der Waals surface area contributed by atoms with Crippen LogP contribution in [0, 0.1) is 0 Å². The third-order valence-electron chi connectivity index (χ3n) is 3.51. The predicted molar refractivity (Wildman–Crippen MR) is 95.1 cm³/mol. The van der Waals surface area contributed by atoms with E-state index in [1.807, 2.05) is 52.7 Å². The topological polar surface area (TPSA) is 56.1 Å². The molecule has 0 fully saturated rings. The van der Waals surface area contributed by atoms with Crippen LogP contribution in [0.4, 0.5) is 0 Å². The number of benzene rings is 1. The quantitative estimate of drug-likeness (QED) is 0.641. The first kappa shape index (κ1) is 16.4. The second-order valence-corrected chi connectivity index (χ2v) is 6.14. The molecule has 0 aliphatic carbocycles. The molecule has 0 aliphatic rings. The number of thiophene rings is 1. The lowest BCUT2D eigenvalue weighted by atomic mass is 10.1. The number of ether oxygens (including phenoxy) is 1. The zero-order valence-electron chi connectivity index (χ0n) is 13.2. The molecule has 1 N–H and O–H groups in total. The van der Waals surface area contributed by atoms with Gasteiger partial charge in [0.25, 0.3) is 5.91 Å². The lowest BCUT2D eigenvalue weighted by Crippen LogP contribution is -2.27. The minimum Gasteiger partial charge on any atom is -0.378 e. The lowest BCUT2D eigenvalue weighted by Gasteiger charge is -2.07. The fraction of sp³-hybridized carbons (Fsp3) is 0.222. The summed E-state index contributed by atoms with van der Waals surface area (Å²) >= 11 is 1.69. The normalized spacial score (nSPS) is 10.7. The summed E-state index contributed by atoms with van der Waals surface area (Å²) in [5.74, 6) is -0.0802. The van der Waals surface area contributed by atoms with Crippen molar-refractivity contribution in [3.8, 4) is 10.4 Å². The molecule has 3 aromatic rings. The summed E-state index contributed by atoms with van der Waals surface area (Å²) in [6, 6.07) is 13.6. The molecule has 2 heterocycles. The van der Waals surface area contributed by atoms with Crippen LogP contribution >= 0.6 is 11.3 Å². The summed E-state index contributed by atoms with van der Waals surface area (Å²) in [7, 11) is 0. The zero-order valence-corrected chi connectivity index (χ0v) is 14.0. The van der Waals surface area contributed by atoms with Gasteiger partial charge in [0, 0.05) is 29.4 Å². The van der Waals surface area contributed by atoms with Crippen molar-refractivity contribution in [2.45, 2.75) is 6.54 Å². The van der Waals surface area contributed by atoms with Crippen LogP contribution in [0.15, 0.2) is 60.2 Å². The average molecular weight is 341 g/mol. The first-order chi connectivity index (χ1) is 11.8.